The van der Waals surface area contributed by atoms with Gasteiger partial charge in [0.05, 0.1) is 18.1 Å². The number of aromatic carboxylic acids is 1. The third-order valence-corrected chi connectivity index (χ3v) is 2.91. The fraction of sp³-hybridized carbons (Fsp3) is 0.429. The van der Waals surface area contributed by atoms with Gasteiger partial charge in [-0.15, -0.1) is 0 Å². The molecule has 0 radical (unpaired) electrons. The molecule has 0 aliphatic rings. The number of esters is 1. The van der Waals surface area contributed by atoms with Crippen LogP contribution in [0.25, 0.3) is 0 Å². The number of carboxylic acids is 1. The first-order valence-electron chi connectivity index (χ1n) is 6.03. The molecule has 0 aromatic heterocycles. The van der Waals surface area contributed by atoms with Gasteiger partial charge in [-0.05, 0) is 18.4 Å². The standard InChI is InChI=1S/C14H18O4/c1-3-10(2)8-9-18-14(17)12-7-5-4-6-11(12)13(15)16/h4-7,10H,3,8-9H2,1-2H3,(H,15,16)/p-1. The van der Waals surface area contributed by atoms with Gasteiger partial charge in [0.25, 0.3) is 0 Å². The lowest BCUT2D eigenvalue weighted by atomic mass is 10.1. The molecule has 4 nitrogen and oxygen atoms in total. The van der Waals surface area contributed by atoms with Crippen molar-refractivity contribution in [2.45, 2.75) is 26.7 Å². The molecule has 0 aliphatic heterocycles. The van der Waals surface area contributed by atoms with E-state index in [1.165, 1.54) is 12.1 Å². The number of benzene rings is 1. The Morgan fingerprint density at radius 1 is 1.28 bits per heavy atom. The van der Waals surface area contributed by atoms with Crippen molar-refractivity contribution < 1.29 is 19.4 Å². The predicted octanol–water partition coefficient (Wildman–Crippen LogP) is 1.64. The minimum atomic E-state index is -1.37. The summed E-state index contributed by atoms with van der Waals surface area (Å²) in [7, 11) is 0. The Balaban J connectivity index is 2.64. The number of hydrogen-bond acceptors (Lipinski definition) is 4. The smallest absolute Gasteiger partial charge is 0.338 e. The van der Waals surface area contributed by atoms with E-state index in [1.54, 1.807) is 12.1 Å². The zero-order chi connectivity index (χ0) is 13.5. The van der Waals surface area contributed by atoms with E-state index in [2.05, 4.69) is 13.8 Å². The summed E-state index contributed by atoms with van der Waals surface area (Å²) in [6, 6.07) is 5.90. The number of carboxylic acid groups (broad SMARTS) is 1. The summed E-state index contributed by atoms with van der Waals surface area (Å²) < 4.78 is 5.06. The zero-order valence-electron chi connectivity index (χ0n) is 10.6. The van der Waals surface area contributed by atoms with Gasteiger partial charge in [-0.25, -0.2) is 4.79 Å². The second-order valence-electron chi connectivity index (χ2n) is 4.27. The van der Waals surface area contributed by atoms with Crippen molar-refractivity contribution in [1.82, 2.24) is 0 Å². The number of rotatable bonds is 6. The molecule has 1 aromatic carbocycles. The molecule has 0 fully saturated rings. The van der Waals surface area contributed by atoms with Crippen LogP contribution in [-0.2, 0) is 4.74 Å². The largest absolute Gasteiger partial charge is 0.545 e. The van der Waals surface area contributed by atoms with Crippen molar-refractivity contribution in [3.63, 3.8) is 0 Å². The van der Waals surface area contributed by atoms with Gasteiger partial charge in [0.15, 0.2) is 0 Å². The monoisotopic (exact) mass is 249 g/mol. The molecule has 1 unspecified atom stereocenters. The normalized spacial score (nSPS) is 11.9. The van der Waals surface area contributed by atoms with Gasteiger partial charge in [0, 0.05) is 5.56 Å². The first kappa shape index (κ1) is 14.2. The molecule has 1 aromatic rings. The Morgan fingerprint density at radius 2 is 1.89 bits per heavy atom. The number of ether oxygens (including phenoxy) is 1. The Bertz CT molecular complexity index is 426. The van der Waals surface area contributed by atoms with Crippen LogP contribution in [0.4, 0.5) is 0 Å². The molecule has 0 saturated heterocycles. The highest BCUT2D eigenvalue weighted by atomic mass is 16.5. The molecule has 1 atom stereocenters. The molecule has 0 N–H and O–H groups in total. The molecule has 0 spiro atoms. The average Bonchev–Trinajstić information content (AvgIpc) is 2.38. The summed E-state index contributed by atoms with van der Waals surface area (Å²) >= 11 is 0. The Morgan fingerprint density at radius 3 is 2.44 bits per heavy atom. The summed E-state index contributed by atoms with van der Waals surface area (Å²) in [5, 5.41) is 10.8. The van der Waals surface area contributed by atoms with E-state index in [-0.39, 0.29) is 11.1 Å². The molecule has 1 rings (SSSR count). The Labute approximate surface area is 107 Å². The summed E-state index contributed by atoms with van der Waals surface area (Å²) in [4.78, 5) is 22.6. The van der Waals surface area contributed by atoms with E-state index < -0.39 is 11.9 Å². The maximum Gasteiger partial charge on any atom is 0.338 e. The lowest BCUT2D eigenvalue weighted by molar-refractivity contribution is -0.255. The van der Waals surface area contributed by atoms with Crippen LogP contribution < -0.4 is 5.11 Å². The Kier molecular flexibility index (Phi) is 5.36. The van der Waals surface area contributed by atoms with Gasteiger partial charge >= 0.3 is 5.97 Å². The van der Waals surface area contributed by atoms with Crippen molar-refractivity contribution in [1.29, 1.82) is 0 Å². The fourth-order valence-corrected chi connectivity index (χ4v) is 1.47. The van der Waals surface area contributed by atoms with E-state index in [9.17, 15) is 14.7 Å². The van der Waals surface area contributed by atoms with E-state index in [0.29, 0.717) is 12.5 Å². The van der Waals surface area contributed by atoms with Gasteiger partial charge < -0.3 is 14.6 Å². The van der Waals surface area contributed by atoms with Crippen LogP contribution in [0.5, 0.6) is 0 Å². The van der Waals surface area contributed by atoms with Crippen LogP contribution in [-0.4, -0.2) is 18.5 Å². The highest BCUT2D eigenvalue weighted by Crippen LogP contribution is 2.11. The molecular weight excluding hydrogens is 232 g/mol. The van der Waals surface area contributed by atoms with Crippen LogP contribution in [0, 0.1) is 5.92 Å². The molecule has 0 amide bonds. The van der Waals surface area contributed by atoms with Crippen molar-refractivity contribution >= 4 is 11.9 Å². The quantitative estimate of drug-likeness (QED) is 0.719. The maximum atomic E-state index is 11.7. The first-order chi connectivity index (χ1) is 8.56. The highest BCUT2D eigenvalue weighted by Gasteiger charge is 2.13. The third-order valence-electron chi connectivity index (χ3n) is 2.91. The van der Waals surface area contributed by atoms with E-state index >= 15 is 0 Å². The molecule has 18 heavy (non-hydrogen) atoms. The molecule has 0 aliphatic carbocycles. The molecule has 0 bridgehead atoms. The zero-order valence-corrected chi connectivity index (χ0v) is 10.6. The van der Waals surface area contributed by atoms with E-state index in [4.69, 9.17) is 4.74 Å². The second kappa shape index (κ2) is 6.79. The maximum absolute atomic E-state index is 11.7. The summed E-state index contributed by atoms with van der Waals surface area (Å²) in [5.41, 5.74) is -0.0901. The van der Waals surface area contributed by atoms with Gasteiger partial charge in [-0.1, -0.05) is 38.5 Å². The number of hydrogen-bond donors (Lipinski definition) is 0. The molecule has 98 valence electrons. The summed E-state index contributed by atoms with van der Waals surface area (Å²) in [5.74, 6) is -1.50. The van der Waals surface area contributed by atoms with Crippen LogP contribution in [0.2, 0.25) is 0 Å². The van der Waals surface area contributed by atoms with Crippen LogP contribution in [0.3, 0.4) is 0 Å². The van der Waals surface area contributed by atoms with Crippen LogP contribution in [0.15, 0.2) is 24.3 Å². The predicted molar refractivity (Wildman–Crippen MR) is 65.1 cm³/mol. The van der Waals surface area contributed by atoms with Crippen molar-refractivity contribution in [3.8, 4) is 0 Å². The molecular formula is C14H17O4-. The fourth-order valence-electron chi connectivity index (χ4n) is 1.47. The second-order valence-corrected chi connectivity index (χ2v) is 4.27. The summed E-state index contributed by atoms with van der Waals surface area (Å²) in [6.07, 6.45) is 1.79. The number of carbonyl (C=O) groups excluding carboxylic acids is 2. The molecule has 0 heterocycles. The summed E-state index contributed by atoms with van der Waals surface area (Å²) in [6.45, 7) is 4.44. The van der Waals surface area contributed by atoms with Gasteiger partial charge in [-0.2, -0.15) is 0 Å². The van der Waals surface area contributed by atoms with Gasteiger partial charge in [-0.3, -0.25) is 0 Å². The van der Waals surface area contributed by atoms with Crippen molar-refractivity contribution in [2.24, 2.45) is 5.92 Å². The minimum absolute atomic E-state index is 0.0432. The van der Waals surface area contributed by atoms with Gasteiger partial charge in [0.2, 0.25) is 0 Å². The lowest BCUT2D eigenvalue weighted by Crippen LogP contribution is -2.25. The average molecular weight is 249 g/mol. The number of carbonyl (C=O) groups is 2. The minimum Gasteiger partial charge on any atom is -0.545 e. The topological polar surface area (TPSA) is 66.4 Å². The molecule has 0 saturated carbocycles. The van der Waals surface area contributed by atoms with E-state index in [0.717, 1.165) is 12.8 Å². The molecule has 4 heteroatoms. The third kappa shape index (κ3) is 3.87. The first-order valence-corrected chi connectivity index (χ1v) is 6.03. The van der Waals surface area contributed by atoms with E-state index in [1.807, 2.05) is 0 Å². The Hall–Kier alpha value is -1.84. The van der Waals surface area contributed by atoms with Gasteiger partial charge in [0.1, 0.15) is 0 Å². The highest BCUT2D eigenvalue weighted by molar-refractivity contribution is 6.01. The van der Waals surface area contributed by atoms with Crippen molar-refractivity contribution in [3.05, 3.63) is 35.4 Å². The lowest BCUT2D eigenvalue weighted by Gasteiger charge is -2.11. The van der Waals surface area contributed by atoms with Crippen LogP contribution in [0.1, 0.15) is 47.4 Å². The van der Waals surface area contributed by atoms with Crippen molar-refractivity contribution in [2.75, 3.05) is 6.61 Å². The SMILES string of the molecule is CCC(C)CCOC(=O)c1ccccc1C(=O)[O-]. The van der Waals surface area contributed by atoms with Crippen LogP contribution >= 0.6 is 0 Å².